The number of rotatable bonds is 6. The summed E-state index contributed by atoms with van der Waals surface area (Å²) in [6, 6.07) is 27.5. The van der Waals surface area contributed by atoms with Gasteiger partial charge in [-0.2, -0.15) is 0 Å². The van der Waals surface area contributed by atoms with Gasteiger partial charge in [0.15, 0.2) is 5.72 Å². The smallest absolute Gasteiger partial charge is 0.257 e. The fourth-order valence-electron chi connectivity index (χ4n) is 4.94. The summed E-state index contributed by atoms with van der Waals surface area (Å²) in [5, 5.41) is 11.8. The maximum atomic E-state index is 13.2. The van der Waals surface area contributed by atoms with Crippen molar-refractivity contribution in [3.05, 3.63) is 113 Å². The van der Waals surface area contributed by atoms with E-state index in [1.807, 2.05) is 60.7 Å². The van der Waals surface area contributed by atoms with Crippen LogP contribution < -0.4 is 0 Å². The lowest BCUT2D eigenvalue weighted by Gasteiger charge is -2.35. The van der Waals surface area contributed by atoms with Gasteiger partial charge in [-0.25, -0.2) is 0 Å². The number of carbonyl (C=O) groups is 1. The average Bonchev–Trinajstić information content (AvgIpc) is 3.08. The van der Waals surface area contributed by atoms with Gasteiger partial charge in [-0.15, -0.1) is 0 Å². The first kappa shape index (κ1) is 20.7. The van der Waals surface area contributed by atoms with Crippen molar-refractivity contribution in [3.8, 4) is 0 Å². The topological polar surface area (TPSA) is 43.8 Å². The van der Waals surface area contributed by atoms with Gasteiger partial charge in [0.05, 0.1) is 0 Å². The average molecular weight is 425 g/mol. The Bertz CT molecular complexity index is 1130. The van der Waals surface area contributed by atoms with E-state index < -0.39 is 5.72 Å². The van der Waals surface area contributed by atoms with E-state index in [9.17, 15) is 9.90 Å². The molecule has 32 heavy (non-hydrogen) atoms. The molecule has 1 amide bonds. The summed E-state index contributed by atoms with van der Waals surface area (Å²) in [4.78, 5) is 17.3. The minimum absolute atomic E-state index is 0.100. The first-order valence-corrected chi connectivity index (χ1v) is 11.3. The highest BCUT2D eigenvalue weighted by Gasteiger charge is 2.49. The Morgan fingerprint density at radius 2 is 1.53 bits per heavy atom. The SMILES string of the molecule is O=C1c2ccccc2C(O)(c2ccccc2)N1CCCN1CC=C(c2ccccc2)CC1. The van der Waals surface area contributed by atoms with Crippen LogP contribution in [0.5, 0.6) is 0 Å². The monoisotopic (exact) mass is 424 g/mol. The highest BCUT2D eigenvalue weighted by Crippen LogP contribution is 2.42. The molecule has 3 aromatic carbocycles. The Morgan fingerprint density at radius 3 is 2.25 bits per heavy atom. The van der Waals surface area contributed by atoms with Gasteiger partial charge < -0.3 is 10.0 Å². The molecule has 1 atom stereocenters. The molecule has 1 N–H and O–H groups in total. The zero-order valence-electron chi connectivity index (χ0n) is 18.2. The lowest BCUT2D eigenvalue weighted by atomic mass is 9.94. The summed E-state index contributed by atoms with van der Waals surface area (Å²) in [6.07, 6.45) is 4.16. The molecular formula is C28H28N2O2. The lowest BCUT2D eigenvalue weighted by Crippen LogP contribution is -2.46. The van der Waals surface area contributed by atoms with Crippen molar-refractivity contribution in [1.29, 1.82) is 0 Å². The Labute approximate surface area is 189 Å². The van der Waals surface area contributed by atoms with Crippen molar-refractivity contribution < 1.29 is 9.90 Å². The highest BCUT2D eigenvalue weighted by atomic mass is 16.3. The molecule has 0 aromatic heterocycles. The molecule has 0 radical (unpaired) electrons. The molecule has 4 nitrogen and oxygen atoms in total. The maximum Gasteiger partial charge on any atom is 0.257 e. The molecule has 5 rings (SSSR count). The predicted octanol–water partition coefficient (Wildman–Crippen LogP) is 4.52. The fourth-order valence-corrected chi connectivity index (χ4v) is 4.94. The molecule has 2 aliphatic heterocycles. The number of amides is 1. The number of carbonyl (C=O) groups excluding carboxylic acids is 1. The number of hydrogen-bond donors (Lipinski definition) is 1. The van der Waals surface area contributed by atoms with E-state index >= 15 is 0 Å². The molecular weight excluding hydrogens is 396 g/mol. The van der Waals surface area contributed by atoms with Crippen LogP contribution in [0.25, 0.3) is 5.57 Å². The van der Waals surface area contributed by atoms with E-state index in [0.29, 0.717) is 17.7 Å². The summed E-state index contributed by atoms with van der Waals surface area (Å²) < 4.78 is 0. The third kappa shape index (κ3) is 3.66. The Hall–Kier alpha value is -3.21. The first-order valence-electron chi connectivity index (χ1n) is 11.3. The van der Waals surface area contributed by atoms with Gasteiger partial charge in [-0.05, 0) is 30.0 Å². The molecule has 4 heteroatoms. The molecule has 0 aliphatic carbocycles. The molecule has 0 bridgehead atoms. The van der Waals surface area contributed by atoms with Crippen LogP contribution in [0.4, 0.5) is 0 Å². The van der Waals surface area contributed by atoms with Crippen molar-refractivity contribution in [2.45, 2.75) is 18.6 Å². The van der Waals surface area contributed by atoms with E-state index in [2.05, 4.69) is 35.2 Å². The van der Waals surface area contributed by atoms with Crippen LogP contribution in [0.15, 0.2) is 91.0 Å². The van der Waals surface area contributed by atoms with Crippen molar-refractivity contribution in [2.75, 3.05) is 26.2 Å². The van der Waals surface area contributed by atoms with Crippen molar-refractivity contribution in [2.24, 2.45) is 0 Å². The number of nitrogens with zero attached hydrogens (tertiary/aromatic N) is 2. The van der Waals surface area contributed by atoms with E-state index in [4.69, 9.17) is 0 Å². The van der Waals surface area contributed by atoms with Crippen LogP contribution in [0.1, 0.15) is 39.9 Å². The molecule has 3 aromatic rings. The van der Waals surface area contributed by atoms with Crippen molar-refractivity contribution >= 4 is 11.5 Å². The second-order valence-electron chi connectivity index (χ2n) is 8.54. The standard InChI is InChI=1S/C28H28N2O2/c31-27-25-14-7-8-15-26(25)28(32,24-12-5-2-6-13-24)30(27)19-9-18-29-20-16-23(17-21-29)22-10-3-1-4-11-22/h1-8,10-16,32H,9,17-21H2. The summed E-state index contributed by atoms with van der Waals surface area (Å²) in [7, 11) is 0. The molecule has 0 fully saturated rings. The number of fused-ring (bicyclic) bond motifs is 1. The van der Waals surface area contributed by atoms with Gasteiger partial charge in [-0.3, -0.25) is 9.69 Å². The van der Waals surface area contributed by atoms with E-state index in [0.717, 1.165) is 38.0 Å². The van der Waals surface area contributed by atoms with E-state index in [1.165, 1.54) is 11.1 Å². The Morgan fingerprint density at radius 1 is 0.844 bits per heavy atom. The van der Waals surface area contributed by atoms with E-state index in [1.54, 1.807) is 4.90 Å². The van der Waals surface area contributed by atoms with Gasteiger partial charge in [0.25, 0.3) is 5.91 Å². The fraction of sp³-hybridized carbons (Fsp3) is 0.250. The minimum atomic E-state index is -1.42. The van der Waals surface area contributed by atoms with Crippen LogP contribution >= 0.6 is 0 Å². The van der Waals surface area contributed by atoms with Gasteiger partial charge in [0.2, 0.25) is 0 Å². The zero-order chi connectivity index (χ0) is 22.0. The molecule has 0 saturated carbocycles. The van der Waals surface area contributed by atoms with Crippen LogP contribution in [0, 0.1) is 0 Å². The molecule has 0 saturated heterocycles. The molecule has 1 unspecified atom stereocenters. The van der Waals surface area contributed by atoms with Gasteiger partial charge >= 0.3 is 0 Å². The van der Waals surface area contributed by atoms with Crippen LogP contribution in [-0.2, 0) is 5.72 Å². The lowest BCUT2D eigenvalue weighted by molar-refractivity contribution is -0.0509. The van der Waals surface area contributed by atoms with Gasteiger partial charge in [-0.1, -0.05) is 84.9 Å². The molecule has 2 aliphatic rings. The second-order valence-corrected chi connectivity index (χ2v) is 8.54. The Balaban J connectivity index is 1.28. The minimum Gasteiger partial charge on any atom is -0.363 e. The summed E-state index contributed by atoms with van der Waals surface area (Å²) >= 11 is 0. The molecule has 2 heterocycles. The Kier molecular flexibility index (Phi) is 5.64. The summed E-state index contributed by atoms with van der Waals surface area (Å²) in [5.41, 5.74) is 3.28. The first-order chi connectivity index (χ1) is 15.7. The number of benzene rings is 3. The third-order valence-electron chi connectivity index (χ3n) is 6.64. The second kappa shape index (κ2) is 8.73. The number of hydrogen-bond acceptors (Lipinski definition) is 3. The normalized spacial score (nSPS) is 20.8. The van der Waals surface area contributed by atoms with Crippen molar-refractivity contribution in [1.82, 2.24) is 9.80 Å². The van der Waals surface area contributed by atoms with Gasteiger partial charge in [0, 0.05) is 42.9 Å². The van der Waals surface area contributed by atoms with Gasteiger partial charge in [0.1, 0.15) is 0 Å². The van der Waals surface area contributed by atoms with Crippen LogP contribution in [0.3, 0.4) is 0 Å². The molecule has 162 valence electrons. The van der Waals surface area contributed by atoms with E-state index in [-0.39, 0.29) is 5.91 Å². The maximum absolute atomic E-state index is 13.2. The quantitative estimate of drug-likeness (QED) is 0.633. The zero-order valence-corrected chi connectivity index (χ0v) is 18.2. The highest BCUT2D eigenvalue weighted by molar-refractivity contribution is 6.00. The van der Waals surface area contributed by atoms with Crippen LogP contribution in [-0.4, -0.2) is 47.0 Å². The predicted molar refractivity (Wildman–Crippen MR) is 127 cm³/mol. The van der Waals surface area contributed by atoms with Crippen LogP contribution in [0.2, 0.25) is 0 Å². The largest absolute Gasteiger partial charge is 0.363 e. The molecule has 0 spiro atoms. The van der Waals surface area contributed by atoms with Crippen molar-refractivity contribution in [3.63, 3.8) is 0 Å². The number of aliphatic hydroxyl groups is 1. The summed E-state index contributed by atoms with van der Waals surface area (Å²) in [5.74, 6) is -0.100. The summed E-state index contributed by atoms with van der Waals surface area (Å²) in [6.45, 7) is 3.33. The third-order valence-corrected chi connectivity index (χ3v) is 6.64.